The van der Waals surface area contributed by atoms with E-state index in [0.717, 1.165) is 12.8 Å². The maximum absolute atomic E-state index is 12.0. The summed E-state index contributed by atoms with van der Waals surface area (Å²) < 4.78 is 24.0. The highest BCUT2D eigenvalue weighted by atomic mass is 19.3. The summed E-state index contributed by atoms with van der Waals surface area (Å²) in [6.07, 6.45) is -0.432. The Morgan fingerprint density at radius 2 is 2.00 bits per heavy atom. The quantitative estimate of drug-likeness (QED) is 0.701. The lowest BCUT2D eigenvalue weighted by atomic mass is 10.1. The lowest BCUT2D eigenvalue weighted by Crippen LogP contribution is -2.41. The molecule has 0 aromatic rings. The van der Waals surface area contributed by atoms with Gasteiger partial charge in [0, 0.05) is 12.8 Å². The Morgan fingerprint density at radius 3 is 2.44 bits per heavy atom. The van der Waals surface area contributed by atoms with Crippen molar-refractivity contribution in [3.8, 4) is 0 Å². The molecule has 0 aromatic carbocycles. The van der Waals surface area contributed by atoms with Crippen molar-refractivity contribution in [2.75, 3.05) is 0 Å². The molecule has 92 valence electrons. The Hall–Kier alpha value is -1.20. The summed E-state index contributed by atoms with van der Waals surface area (Å²) >= 11 is 0. The van der Waals surface area contributed by atoms with Gasteiger partial charge in [0.15, 0.2) is 0 Å². The van der Waals surface area contributed by atoms with Gasteiger partial charge >= 0.3 is 5.97 Å². The summed E-state index contributed by atoms with van der Waals surface area (Å²) in [5.41, 5.74) is 0. The fraction of sp³-hybridized carbons (Fsp3) is 0.800. The predicted octanol–water partition coefficient (Wildman–Crippen LogP) is 1.40. The zero-order valence-corrected chi connectivity index (χ0v) is 8.79. The molecule has 1 unspecified atom stereocenters. The van der Waals surface area contributed by atoms with E-state index < -0.39 is 30.8 Å². The van der Waals surface area contributed by atoms with Crippen molar-refractivity contribution in [2.24, 2.45) is 5.92 Å². The number of aliphatic carboxylic acids is 1. The number of nitrogens with one attached hydrogen (secondary N) is 1. The molecule has 1 aliphatic carbocycles. The van der Waals surface area contributed by atoms with Crippen LogP contribution in [0.25, 0.3) is 0 Å². The van der Waals surface area contributed by atoms with Crippen LogP contribution < -0.4 is 5.32 Å². The van der Waals surface area contributed by atoms with Crippen LogP contribution in [0.1, 0.15) is 32.1 Å². The number of hydrogen-bond donors (Lipinski definition) is 2. The number of carboxylic acids is 1. The van der Waals surface area contributed by atoms with Gasteiger partial charge in [-0.05, 0) is 12.3 Å². The van der Waals surface area contributed by atoms with Gasteiger partial charge in [-0.25, -0.2) is 13.6 Å². The van der Waals surface area contributed by atoms with Gasteiger partial charge in [-0.1, -0.05) is 12.8 Å². The zero-order chi connectivity index (χ0) is 12.1. The van der Waals surface area contributed by atoms with Gasteiger partial charge in [0.1, 0.15) is 6.04 Å². The van der Waals surface area contributed by atoms with E-state index in [1.54, 1.807) is 0 Å². The number of hydrogen-bond acceptors (Lipinski definition) is 2. The van der Waals surface area contributed by atoms with Crippen LogP contribution in [0.3, 0.4) is 0 Å². The van der Waals surface area contributed by atoms with Gasteiger partial charge in [-0.2, -0.15) is 0 Å². The molecular formula is C10H15F2NO3. The Morgan fingerprint density at radius 1 is 1.38 bits per heavy atom. The molecule has 1 aliphatic rings. The Kier molecular flexibility index (Phi) is 4.64. The first-order valence-electron chi connectivity index (χ1n) is 5.29. The highest BCUT2D eigenvalue weighted by Crippen LogP contribution is 2.33. The van der Waals surface area contributed by atoms with Crippen LogP contribution in [0, 0.1) is 5.92 Å². The van der Waals surface area contributed by atoms with Crippen molar-refractivity contribution < 1.29 is 23.5 Å². The molecule has 0 bridgehead atoms. The molecule has 4 nitrogen and oxygen atoms in total. The van der Waals surface area contributed by atoms with E-state index in [1.807, 2.05) is 0 Å². The second-order valence-corrected chi connectivity index (χ2v) is 4.07. The normalized spacial score (nSPS) is 17.2. The van der Waals surface area contributed by atoms with E-state index >= 15 is 0 Å². The van der Waals surface area contributed by atoms with Crippen molar-refractivity contribution in [1.29, 1.82) is 0 Å². The first kappa shape index (κ1) is 12.9. The van der Waals surface area contributed by atoms with Crippen molar-refractivity contribution in [3.63, 3.8) is 0 Å². The Balaban J connectivity index is 2.28. The molecule has 2 N–H and O–H groups in total. The maximum Gasteiger partial charge on any atom is 0.326 e. The van der Waals surface area contributed by atoms with Gasteiger partial charge < -0.3 is 10.4 Å². The van der Waals surface area contributed by atoms with E-state index in [9.17, 15) is 18.4 Å². The third-order valence-electron chi connectivity index (χ3n) is 2.52. The molecule has 0 radical (unpaired) electrons. The first-order chi connectivity index (χ1) is 7.49. The number of halogens is 2. The van der Waals surface area contributed by atoms with Gasteiger partial charge in [-0.15, -0.1) is 0 Å². The van der Waals surface area contributed by atoms with Gasteiger partial charge in [0.25, 0.3) is 0 Å². The number of carbonyl (C=O) groups is 2. The topological polar surface area (TPSA) is 66.4 Å². The van der Waals surface area contributed by atoms with Crippen LogP contribution in [0.15, 0.2) is 0 Å². The molecule has 0 heterocycles. The zero-order valence-electron chi connectivity index (χ0n) is 8.79. The van der Waals surface area contributed by atoms with Crippen LogP contribution in [0.4, 0.5) is 8.78 Å². The summed E-state index contributed by atoms with van der Waals surface area (Å²) in [5, 5.41) is 10.7. The Bertz CT molecular complexity index is 267. The van der Waals surface area contributed by atoms with E-state index in [0.29, 0.717) is 12.3 Å². The van der Waals surface area contributed by atoms with E-state index in [2.05, 4.69) is 5.32 Å². The van der Waals surface area contributed by atoms with Crippen LogP contribution in [-0.2, 0) is 9.59 Å². The second-order valence-electron chi connectivity index (χ2n) is 4.07. The summed E-state index contributed by atoms with van der Waals surface area (Å²) in [4.78, 5) is 21.8. The SMILES string of the molecule is O=C(CCC1CC1)NC(CC(F)F)C(=O)O. The first-order valence-corrected chi connectivity index (χ1v) is 5.29. The van der Waals surface area contributed by atoms with Crippen molar-refractivity contribution in [3.05, 3.63) is 0 Å². The van der Waals surface area contributed by atoms with Gasteiger partial charge in [0.2, 0.25) is 12.3 Å². The minimum atomic E-state index is -2.73. The largest absolute Gasteiger partial charge is 0.480 e. The van der Waals surface area contributed by atoms with E-state index in [4.69, 9.17) is 5.11 Å². The molecule has 1 atom stereocenters. The summed E-state index contributed by atoms with van der Waals surface area (Å²) in [7, 11) is 0. The van der Waals surface area contributed by atoms with Crippen molar-refractivity contribution in [1.82, 2.24) is 5.32 Å². The number of rotatable bonds is 7. The highest BCUT2D eigenvalue weighted by molar-refractivity contribution is 5.83. The van der Waals surface area contributed by atoms with Crippen LogP contribution in [0.5, 0.6) is 0 Å². The molecular weight excluding hydrogens is 220 g/mol. The molecule has 0 spiro atoms. The summed E-state index contributed by atoms with van der Waals surface area (Å²) in [6.45, 7) is 0. The van der Waals surface area contributed by atoms with Crippen LogP contribution in [-0.4, -0.2) is 29.5 Å². The molecule has 6 heteroatoms. The summed E-state index contributed by atoms with van der Waals surface area (Å²) in [5.74, 6) is -1.32. The maximum atomic E-state index is 12.0. The lowest BCUT2D eigenvalue weighted by Gasteiger charge is -2.13. The lowest BCUT2D eigenvalue weighted by molar-refractivity contribution is -0.143. The average Bonchev–Trinajstić information content (AvgIpc) is 2.96. The number of alkyl halides is 2. The van der Waals surface area contributed by atoms with Crippen LogP contribution in [0.2, 0.25) is 0 Å². The highest BCUT2D eigenvalue weighted by Gasteiger charge is 2.26. The van der Waals surface area contributed by atoms with Crippen LogP contribution >= 0.6 is 0 Å². The van der Waals surface area contributed by atoms with Gasteiger partial charge in [-0.3, -0.25) is 4.79 Å². The smallest absolute Gasteiger partial charge is 0.326 e. The molecule has 1 saturated carbocycles. The molecule has 1 rings (SSSR count). The summed E-state index contributed by atoms with van der Waals surface area (Å²) in [6, 6.07) is -1.48. The molecule has 16 heavy (non-hydrogen) atoms. The van der Waals surface area contributed by atoms with Gasteiger partial charge in [0.05, 0.1) is 0 Å². The fourth-order valence-electron chi connectivity index (χ4n) is 1.41. The van der Waals surface area contributed by atoms with E-state index in [1.165, 1.54) is 0 Å². The number of carbonyl (C=O) groups excluding carboxylic acids is 1. The molecule has 0 aromatic heterocycles. The number of carboxylic acid groups (broad SMARTS) is 1. The third kappa shape index (κ3) is 5.04. The second kappa shape index (κ2) is 5.77. The predicted molar refractivity (Wildman–Crippen MR) is 52.1 cm³/mol. The molecule has 1 fully saturated rings. The third-order valence-corrected chi connectivity index (χ3v) is 2.52. The van der Waals surface area contributed by atoms with Crippen molar-refractivity contribution in [2.45, 2.75) is 44.6 Å². The van der Waals surface area contributed by atoms with Crippen molar-refractivity contribution >= 4 is 11.9 Å². The average molecular weight is 235 g/mol. The minimum Gasteiger partial charge on any atom is -0.480 e. The fourth-order valence-corrected chi connectivity index (χ4v) is 1.41. The monoisotopic (exact) mass is 235 g/mol. The number of amides is 1. The van der Waals surface area contributed by atoms with E-state index in [-0.39, 0.29) is 6.42 Å². The minimum absolute atomic E-state index is 0.220. The Labute approximate surface area is 92.0 Å². The molecule has 0 aliphatic heterocycles. The molecule has 1 amide bonds. The molecule has 0 saturated heterocycles. The standard InChI is InChI=1S/C10H15F2NO3/c11-8(12)5-7(10(15)16)13-9(14)4-3-6-1-2-6/h6-8H,1-5H2,(H,13,14)(H,15,16).